The Morgan fingerprint density at radius 3 is 2.81 bits per heavy atom. The van der Waals surface area contributed by atoms with Gasteiger partial charge in [0.05, 0.1) is 17.6 Å². The number of hydrogen-bond donors (Lipinski definition) is 0. The number of para-hydroxylation sites is 2. The second-order valence-corrected chi connectivity index (χ2v) is 6.47. The molecular weight excluding hydrogens is 330 g/mol. The summed E-state index contributed by atoms with van der Waals surface area (Å²) < 4.78 is 11.6. The number of hydrogen-bond acceptors (Lipinski definition) is 4. The molecule has 1 amide bonds. The molecule has 0 unspecified atom stereocenters. The van der Waals surface area contributed by atoms with Crippen molar-refractivity contribution in [2.45, 2.75) is 26.4 Å². The van der Waals surface area contributed by atoms with Crippen LogP contribution in [0, 0.1) is 0 Å². The van der Waals surface area contributed by atoms with Gasteiger partial charge in [0.15, 0.2) is 11.2 Å². The number of ether oxygens (including phenoxy) is 1. The molecule has 1 aromatic heterocycles. The maximum absolute atomic E-state index is 13.1. The first-order valence-corrected chi connectivity index (χ1v) is 8.71. The number of nitrogens with zero attached hydrogens (tertiary/aromatic N) is 1. The maximum atomic E-state index is 13.1. The quantitative estimate of drug-likeness (QED) is 0.706. The summed E-state index contributed by atoms with van der Waals surface area (Å²) in [6.07, 6.45) is 0.687. The molecule has 0 spiro atoms. The van der Waals surface area contributed by atoms with Crippen molar-refractivity contribution in [3.8, 4) is 5.75 Å². The summed E-state index contributed by atoms with van der Waals surface area (Å²) in [5, 5.41) is 0.497. The highest BCUT2D eigenvalue weighted by atomic mass is 16.5. The SMILES string of the molecule is CCc1ccc2oc(C(=O)N3C[C@@H](C)Oc4ccccc43)cc(=O)c2c1. The molecule has 5 heteroatoms. The fraction of sp³-hybridized carbons (Fsp3) is 0.238. The van der Waals surface area contributed by atoms with Gasteiger partial charge in [0.2, 0.25) is 0 Å². The van der Waals surface area contributed by atoms with Crippen molar-refractivity contribution >= 4 is 22.6 Å². The summed E-state index contributed by atoms with van der Waals surface area (Å²) in [4.78, 5) is 27.2. The lowest BCUT2D eigenvalue weighted by Gasteiger charge is -2.33. The van der Waals surface area contributed by atoms with E-state index in [1.54, 1.807) is 11.0 Å². The fourth-order valence-corrected chi connectivity index (χ4v) is 3.24. The standard InChI is InChI=1S/C21H19NO4/c1-3-14-8-9-18-15(10-14)17(23)11-20(26-18)21(24)22-12-13(2)25-19-7-5-4-6-16(19)22/h4-11,13H,3,12H2,1-2H3/t13-/m1/s1. The molecule has 4 rings (SSSR count). The molecule has 0 fully saturated rings. The van der Waals surface area contributed by atoms with E-state index in [1.165, 1.54) is 6.07 Å². The second kappa shape index (κ2) is 6.33. The van der Waals surface area contributed by atoms with Gasteiger partial charge in [-0.25, -0.2) is 0 Å². The Morgan fingerprint density at radius 1 is 1.19 bits per heavy atom. The van der Waals surface area contributed by atoms with Crippen molar-refractivity contribution in [3.05, 3.63) is 70.1 Å². The average Bonchev–Trinajstić information content (AvgIpc) is 2.66. The van der Waals surface area contributed by atoms with Gasteiger partial charge in [0.1, 0.15) is 17.4 Å². The number of anilines is 1. The first-order valence-electron chi connectivity index (χ1n) is 8.71. The molecule has 1 atom stereocenters. The number of benzene rings is 2. The van der Waals surface area contributed by atoms with E-state index in [-0.39, 0.29) is 23.2 Å². The lowest BCUT2D eigenvalue weighted by atomic mass is 10.1. The van der Waals surface area contributed by atoms with E-state index < -0.39 is 0 Å². The third-order valence-corrected chi connectivity index (χ3v) is 4.58. The summed E-state index contributed by atoms with van der Waals surface area (Å²) >= 11 is 0. The molecule has 0 aliphatic carbocycles. The first-order chi connectivity index (χ1) is 12.6. The van der Waals surface area contributed by atoms with Crippen molar-refractivity contribution in [3.63, 3.8) is 0 Å². The molecule has 1 aliphatic rings. The number of rotatable bonds is 2. The van der Waals surface area contributed by atoms with Crippen LogP contribution in [-0.2, 0) is 6.42 Å². The fourth-order valence-electron chi connectivity index (χ4n) is 3.24. The predicted molar refractivity (Wildman–Crippen MR) is 100 cm³/mol. The Morgan fingerprint density at radius 2 is 2.00 bits per heavy atom. The Labute approximate surface area is 150 Å². The molecule has 0 radical (unpaired) electrons. The normalized spacial score (nSPS) is 16.2. The van der Waals surface area contributed by atoms with Gasteiger partial charge >= 0.3 is 0 Å². The van der Waals surface area contributed by atoms with Crippen LogP contribution in [0.15, 0.2) is 57.7 Å². The zero-order chi connectivity index (χ0) is 18.3. The average molecular weight is 349 g/mol. The Hall–Kier alpha value is -3.08. The van der Waals surface area contributed by atoms with Gasteiger partial charge in [-0.3, -0.25) is 14.5 Å². The van der Waals surface area contributed by atoms with Crippen molar-refractivity contribution in [2.75, 3.05) is 11.4 Å². The summed E-state index contributed by atoms with van der Waals surface area (Å²) in [6.45, 7) is 4.32. The van der Waals surface area contributed by atoms with E-state index in [4.69, 9.17) is 9.15 Å². The van der Waals surface area contributed by atoms with Crippen LogP contribution < -0.4 is 15.1 Å². The van der Waals surface area contributed by atoms with E-state index in [1.807, 2.05) is 50.2 Å². The molecule has 0 N–H and O–H groups in total. The predicted octanol–water partition coefficient (Wildman–Crippen LogP) is 3.78. The molecule has 26 heavy (non-hydrogen) atoms. The van der Waals surface area contributed by atoms with Gasteiger partial charge in [-0.2, -0.15) is 0 Å². The summed E-state index contributed by atoms with van der Waals surface area (Å²) in [6, 6.07) is 14.1. The lowest BCUT2D eigenvalue weighted by Crippen LogP contribution is -2.42. The molecule has 1 aliphatic heterocycles. The molecule has 3 aromatic rings. The highest BCUT2D eigenvalue weighted by Gasteiger charge is 2.29. The number of aryl methyl sites for hydroxylation is 1. The summed E-state index contributed by atoms with van der Waals surface area (Å²) in [7, 11) is 0. The minimum atomic E-state index is -0.342. The summed E-state index contributed by atoms with van der Waals surface area (Å²) in [5.74, 6) is 0.345. The van der Waals surface area contributed by atoms with E-state index in [2.05, 4.69) is 0 Å². The molecular formula is C21H19NO4. The zero-order valence-electron chi connectivity index (χ0n) is 14.7. The molecule has 132 valence electrons. The van der Waals surface area contributed by atoms with Gasteiger partial charge in [-0.05, 0) is 43.2 Å². The van der Waals surface area contributed by atoms with Gasteiger partial charge in [0.25, 0.3) is 5.91 Å². The van der Waals surface area contributed by atoms with Crippen LogP contribution in [0.3, 0.4) is 0 Å². The Kier molecular flexibility index (Phi) is 3.99. The zero-order valence-corrected chi connectivity index (χ0v) is 14.7. The smallest absolute Gasteiger partial charge is 0.294 e. The van der Waals surface area contributed by atoms with Crippen LogP contribution in [0.25, 0.3) is 11.0 Å². The summed E-state index contributed by atoms with van der Waals surface area (Å²) in [5.41, 5.74) is 1.95. The second-order valence-electron chi connectivity index (χ2n) is 6.47. The van der Waals surface area contributed by atoms with Gasteiger partial charge in [-0.15, -0.1) is 0 Å². The van der Waals surface area contributed by atoms with Crippen LogP contribution in [-0.4, -0.2) is 18.6 Å². The van der Waals surface area contributed by atoms with Gasteiger partial charge in [0, 0.05) is 6.07 Å². The number of fused-ring (bicyclic) bond motifs is 2. The van der Waals surface area contributed by atoms with E-state index in [0.29, 0.717) is 29.0 Å². The van der Waals surface area contributed by atoms with Crippen LogP contribution >= 0.6 is 0 Å². The molecule has 0 saturated heterocycles. The van der Waals surface area contributed by atoms with Crippen molar-refractivity contribution in [1.82, 2.24) is 0 Å². The van der Waals surface area contributed by atoms with E-state index in [9.17, 15) is 9.59 Å². The molecule has 5 nitrogen and oxygen atoms in total. The highest BCUT2D eigenvalue weighted by Crippen LogP contribution is 2.34. The highest BCUT2D eigenvalue weighted by molar-refractivity contribution is 6.06. The van der Waals surface area contributed by atoms with Crippen molar-refractivity contribution < 1.29 is 13.9 Å². The van der Waals surface area contributed by atoms with Crippen LogP contribution in [0.5, 0.6) is 5.75 Å². The van der Waals surface area contributed by atoms with Gasteiger partial charge in [-0.1, -0.05) is 25.1 Å². The Bertz CT molecular complexity index is 1050. The third-order valence-electron chi connectivity index (χ3n) is 4.58. The van der Waals surface area contributed by atoms with E-state index in [0.717, 1.165) is 12.0 Å². The van der Waals surface area contributed by atoms with Gasteiger partial charge < -0.3 is 9.15 Å². The first kappa shape index (κ1) is 16.4. The molecule has 2 heterocycles. The number of carbonyl (C=O) groups is 1. The van der Waals surface area contributed by atoms with Crippen molar-refractivity contribution in [2.24, 2.45) is 0 Å². The van der Waals surface area contributed by atoms with E-state index >= 15 is 0 Å². The maximum Gasteiger partial charge on any atom is 0.294 e. The third kappa shape index (κ3) is 2.75. The Balaban J connectivity index is 1.78. The molecule has 0 saturated carbocycles. The largest absolute Gasteiger partial charge is 0.487 e. The number of carbonyl (C=O) groups excluding carboxylic acids is 1. The molecule has 0 bridgehead atoms. The number of amides is 1. The van der Waals surface area contributed by atoms with Crippen LogP contribution in [0.4, 0.5) is 5.69 Å². The van der Waals surface area contributed by atoms with Crippen molar-refractivity contribution in [1.29, 1.82) is 0 Å². The topological polar surface area (TPSA) is 59.8 Å². The van der Waals surface area contributed by atoms with Crippen LogP contribution in [0.1, 0.15) is 30.0 Å². The van der Waals surface area contributed by atoms with Crippen LogP contribution in [0.2, 0.25) is 0 Å². The molecule has 2 aromatic carbocycles. The minimum Gasteiger partial charge on any atom is -0.487 e. The lowest BCUT2D eigenvalue weighted by molar-refractivity contribution is 0.0935. The minimum absolute atomic E-state index is 0.0376. The monoisotopic (exact) mass is 349 g/mol.